The highest BCUT2D eigenvalue weighted by molar-refractivity contribution is 6.00. The van der Waals surface area contributed by atoms with Crippen LogP contribution in [-0.2, 0) is 12.6 Å². The van der Waals surface area contributed by atoms with E-state index in [0.717, 1.165) is 24.2 Å². The van der Waals surface area contributed by atoms with Crippen LogP contribution in [0, 0.1) is 0 Å². The number of nitrogens with zero attached hydrogens (tertiary/aromatic N) is 3. The van der Waals surface area contributed by atoms with Gasteiger partial charge in [0.15, 0.2) is 11.3 Å². The van der Waals surface area contributed by atoms with Crippen molar-refractivity contribution in [2.24, 2.45) is 0 Å². The van der Waals surface area contributed by atoms with Gasteiger partial charge in [0.25, 0.3) is 5.91 Å². The Kier molecular flexibility index (Phi) is 5.94. The third kappa shape index (κ3) is 4.64. The summed E-state index contributed by atoms with van der Waals surface area (Å²) in [6.07, 6.45) is -2.07. The molecule has 1 amide bonds. The minimum absolute atomic E-state index is 0.000146. The third-order valence-corrected chi connectivity index (χ3v) is 5.16. The second-order valence-corrected chi connectivity index (χ2v) is 7.58. The molecule has 1 N–H and O–H groups in total. The fraction of sp³-hybridized carbons (Fsp3) is 0.208. The number of amides is 1. The van der Waals surface area contributed by atoms with Crippen LogP contribution in [0.2, 0.25) is 0 Å². The normalized spacial score (nSPS) is 12.6. The Hall–Kier alpha value is -3.68. The second kappa shape index (κ2) is 8.82. The molecular formula is C24H21F3N4O. The molecule has 0 aliphatic carbocycles. The van der Waals surface area contributed by atoms with Crippen LogP contribution in [0.1, 0.15) is 35.0 Å². The quantitative estimate of drug-likeness (QED) is 0.452. The van der Waals surface area contributed by atoms with E-state index in [1.54, 1.807) is 30.3 Å². The van der Waals surface area contributed by atoms with E-state index in [0.29, 0.717) is 16.5 Å². The molecule has 0 aliphatic heterocycles. The van der Waals surface area contributed by atoms with Gasteiger partial charge in [-0.25, -0.2) is 9.50 Å². The number of fused-ring (bicyclic) bond motifs is 1. The number of aryl methyl sites for hydroxylation is 1. The van der Waals surface area contributed by atoms with Crippen LogP contribution < -0.4 is 5.32 Å². The van der Waals surface area contributed by atoms with E-state index in [-0.39, 0.29) is 22.9 Å². The molecule has 1 atom stereocenters. The molecule has 5 nitrogen and oxygen atoms in total. The largest absolute Gasteiger partial charge is 0.433 e. The van der Waals surface area contributed by atoms with Gasteiger partial charge in [0.05, 0.1) is 11.9 Å². The smallest absolute Gasteiger partial charge is 0.349 e. The molecule has 2 aromatic carbocycles. The summed E-state index contributed by atoms with van der Waals surface area (Å²) in [6.45, 7) is 1.86. The average Bonchev–Trinajstić information content (AvgIpc) is 3.22. The van der Waals surface area contributed by atoms with Crippen molar-refractivity contribution in [2.45, 2.75) is 32.0 Å². The van der Waals surface area contributed by atoms with Gasteiger partial charge in [-0.2, -0.15) is 18.3 Å². The molecule has 4 aromatic rings. The summed E-state index contributed by atoms with van der Waals surface area (Å²) in [5.74, 6) is -0.508. The number of carbonyl (C=O) groups excluding carboxylic acids is 1. The van der Waals surface area contributed by atoms with Gasteiger partial charge in [-0.1, -0.05) is 60.7 Å². The van der Waals surface area contributed by atoms with Crippen molar-refractivity contribution in [3.05, 3.63) is 89.7 Å². The maximum atomic E-state index is 13.7. The Labute approximate surface area is 182 Å². The van der Waals surface area contributed by atoms with Crippen LogP contribution in [0.4, 0.5) is 13.2 Å². The standard InChI is InChI=1S/C24H21F3N4O/c1-16(12-13-17-8-4-2-5-9-17)29-23(32)19-15-28-31-21(24(25,26)27)14-20(30-22(19)31)18-10-6-3-7-11-18/h2-11,14-16H,12-13H2,1H3,(H,29,32). The van der Waals surface area contributed by atoms with Crippen molar-refractivity contribution < 1.29 is 18.0 Å². The molecule has 2 heterocycles. The Morgan fingerprint density at radius 2 is 1.72 bits per heavy atom. The zero-order chi connectivity index (χ0) is 22.7. The molecule has 0 spiro atoms. The van der Waals surface area contributed by atoms with Gasteiger partial charge >= 0.3 is 6.18 Å². The van der Waals surface area contributed by atoms with E-state index in [2.05, 4.69) is 15.4 Å². The predicted molar refractivity (Wildman–Crippen MR) is 115 cm³/mol. The van der Waals surface area contributed by atoms with Gasteiger partial charge < -0.3 is 5.32 Å². The fourth-order valence-electron chi connectivity index (χ4n) is 3.48. The number of hydrogen-bond acceptors (Lipinski definition) is 3. The van der Waals surface area contributed by atoms with E-state index in [1.807, 2.05) is 37.3 Å². The zero-order valence-corrected chi connectivity index (χ0v) is 17.3. The van der Waals surface area contributed by atoms with Crippen LogP contribution in [0.15, 0.2) is 72.9 Å². The van der Waals surface area contributed by atoms with Gasteiger partial charge in [-0.15, -0.1) is 0 Å². The highest BCUT2D eigenvalue weighted by Gasteiger charge is 2.36. The molecule has 164 valence electrons. The second-order valence-electron chi connectivity index (χ2n) is 7.58. The molecule has 2 aromatic heterocycles. The van der Waals surface area contributed by atoms with E-state index < -0.39 is 17.8 Å². The van der Waals surface area contributed by atoms with Crippen molar-refractivity contribution in [3.8, 4) is 11.3 Å². The monoisotopic (exact) mass is 438 g/mol. The number of aromatic nitrogens is 3. The Morgan fingerprint density at radius 3 is 2.38 bits per heavy atom. The predicted octanol–water partition coefficient (Wildman–Crippen LogP) is 5.17. The molecule has 4 rings (SSSR count). The minimum atomic E-state index is -4.66. The average molecular weight is 438 g/mol. The SMILES string of the molecule is CC(CCc1ccccc1)NC(=O)c1cnn2c(C(F)(F)F)cc(-c3ccccc3)nc12. The van der Waals surface area contributed by atoms with Gasteiger partial charge in [0.2, 0.25) is 0 Å². The van der Waals surface area contributed by atoms with Crippen LogP contribution in [0.5, 0.6) is 0 Å². The summed E-state index contributed by atoms with van der Waals surface area (Å²) in [5, 5.41) is 6.66. The summed E-state index contributed by atoms with van der Waals surface area (Å²) in [5.41, 5.74) is 0.666. The van der Waals surface area contributed by atoms with Crippen molar-refractivity contribution >= 4 is 11.6 Å². The summed E-state index contributed by atoms with van der Waals surface area (Å²) in [7, 11) is 0. The van der Waals surface area contributed by atoms with Gasteiger partial charge in [-0.3, -0.25) is 4.79 Å². The Balaban J connectivity index is 1.63. The molecule has 0 bridgehead atoms. The first kappa shape index (κ1) is 21.5. The number of hydrogen-bond donors (Lipinski definition) is 1. The van der Waals surface area contributed by atoms with Crippen LogP contribution >= 0.6 is 0 Å². The van der Waals surface area contributed by atoms with Gasteiger partial charge in [-0.05, 0) is 31.4 Å². The molecule has 0 radical (unpaired) electrons. The van der Waals surface area contributed by atoms with Crippen LogP contribution in [-0.4, -0.2) is 26.5 Å². The third-order valence-electron chi connectivity index (χ3n) is 5.16. The zero-order valence-electron chi connectivity index (χ0n) is 17.3. The number of nitrogens with one attached hydrogen (secondary N) is 1. The van der Waals surface area contributed by atoms with E-state index in [9.17, 15) is 18.0 Å². The molecule has 0 saturated carbocycles. The van der Waals surface area contributed by atoms with E-state index in [1.165, 1.54) is 0 Å². The number of halogens is 3. The number of alkyl halides is 3. The highest BCUT2D eigenvalue weighted by Crippen LogP contribution is 2.32. The minimum Gasteiger partial charge on any atom is -0.349 e. The Bertz CT molecular complexity index is 1220. The van der Waals surface area contributed by atoms with Crippen LogP contribution in [0.25, 0.3) is 16.9 Å². The van der Waals surface area contributed by atoms with Gasteiger partial charge in [0.1, 0.15) is 5.56 Å². The molecule has 1 unspecified atom stereocenters. The topological polar surface area (TPSA) is 59.3 Å². The number of benzene rings is 2. The molecule has 8 heteroatoms. The first-order valence-electron chi connectivity index (χ1n) is 10.2. The maximum absolute atomic E-state index is 13.7. The van der Waals surface area contributed by atoms with Crippen molar-refractivity contribution in [1.82, 2.24) is 19.9 Å². The highest BCUT2D eigenvalue weighted by atomic mass is 19.4. The summed E-state index contributed by atoms with van der Waals surface area (Å²) >= 11 is 0. The first-order chi connectivity index (χ1) is 15.3. The number of carbonyl (C=O) groups is 1. The fourth-order valence-corrected chi connectivity index (χ4v) is 3.48. The molecule has 0 fully saturated rings. The maximum Gasteiger partial charge on any atom is 0.433 e. The molecule has 32 heavy (non-hydrogen) atoms. The summed E-state index contributed by atoms with van der Waals surface area (Å²) in [4.78, 5) is 17.2. The van der Waals surface area contributed by atoms with Crippen molar-refractivity contribution in [1.29, 1.82) is 0 Å². The lowest BCUT2D eigenvalue weighted by molar-refractivity contribution is -0.142. The Morgan fingerprint density at radius 1 is 1.06 bits per heavy atom. The van der Waals surface area contributed by atoms with Crippen molar-refractivity contribution in [3.63, 3.8) is 0 Å². The summed E-state index contributed by atoms with van der Waals surface area (Å²) in [6, 6.07) is 19.1. The molecule has 0 aliphatic rings. The molecular weight excluding hydrogens is 417 g/mol. The first-order valence-corrected chi connectivity index (χ1v) is 10.2. The van der Waals surface area contributed by atoms with E-state index in [4.69, 9.17) is 0 Å². The van der Waals surface area contributed by atoms with E-state index >= 15 is 0 Å². The molecule has 0 saturated heterocycles. The lowest BCUT2D eigenvalue weighted by Gasteiger charge is -2.14. The summed E-state index contributed by atoms with van der Waals surface area (Å²) < 4.78 is 41.8. The van der Waals surface area contributed by atoms with Crippen LogP contribution in [0.3, 0.4) is 0 Å². The lowest BCUT2D eigenvalue weighted by atomic mass is 10.1. The number of rotatable bonds is 6. The van der Waals surface area contributed by atoms with Crippen molar-refractivity contribution in [2.75, 3.05) is 0 Å². The lowest BCUT2D eigenvalue weighted by Crippen LogP contribution is -2.33. The van der Waals surface area contributed by atoms with Gasteiger partial charge in [0, 0.05) is 11.6 Å².